The third-order valence-corrected chi connectivity index (χ3v) is 5.17. The number of nitrogens with zero attached hydrogens (tertiary/aromatic N) is 1. The molecule has 1 amide bonds. The Morgan fingerprint density at radius 2 is 2.10 bits per heavy atom. The van der Waals surface area contributed by atoms with Gasteiger partial charge in [0, 0.05) is 6.04 Å². The number of carboxylic acid groups (broad SMARTS) is 1. The second-order valence-corrected chi connectivity index (χ2v) is 7.29. The summed E-state index contributed by atoms with van der Waals surface area (Å²) in [6.07, 6.45) is 1.13. The number of carbonyl (C=O) groups is 2. The van der Waals surface area contributed by atoms with E-state index in [4.69, 9.17) is 5.11 Å². The van der Waals surface area contributed by atoms with Gasteiger partial charge in [0.05, 0.1) is 22.8 Å². The highest BCUT2D eigenvalue weighted by molar-refractivity contribution is 7.91. The molecule has 8 heteroatoms. The number of pyridine rings is 1. The topological polar surface area (TPSA) is 113 Å². The van der Waals surface area contributed by atoms with E-state index >= 15 is 0 Å². The highest BCUT2D eigenvalue weighted by Crippen LogP contribution is 2.13. The van der Waals surface area contributed by atoms with Crippen molar-refractivity contribution in [1.29, 1.82) is 0 Å². The zero-order valence-electron chi connectivity index (χ0n) is 11.5. The lowest BCUT2D eigenvalue weighted by atomic mass is 10.1. The van der Waals surface area contributed by atoms with Crippen molar-refractivity contribution < 1.29 is 23.1 Å². The molecule has 1 aromatic heterocycles. The van der Waals surface area contributed by atoms with E-state index in [1.54, 1.807) is 0 Å². The third kappa shape index (κ3) is 3.78. The highest BCUT2D eigenvalue weighted by atomic mass is 32.2. The van der Waals surface area contributed by atoms with Crippen LogP contribution < -0.4 is 5.32 Å². The molecule has 2 heterocycles. The molecule has 1 fully saturated rings. The largest absolute Gasteiger partial charge is 0.478 e. The van der Waals surface area contributed by atoms with Gasteiger partial charge >= 0.3 is 5.97 Å². The van der Waals surface area contributed by atoms with Gasteiger partial charge in [-0.1, -0.05) is 0 Å². The lowest BCUT2D eigenvalue weighted by molar-refractivity contribution is 0.0694. The molecule has 0 spiro atoms. The number of carbonyl (C=O) groups excluding carboxylic acids is 1. The maximum Gasteiger partial charge on any atom is 0.337 e. The van der Waals surface area contributed by atoms with Crippen LogP contribution in [0.2, 0.25) is 0 Å². The standard InChI is InChI=1S/C13H16N2O5S/c1-8-10(13(17)18)4-5-11(14-8)12(16)15-9-3-2-6-21(19,20)7-9/h4-5,9H,2-3,6-7H2,1H3,(H,15,16)(H,17,18). The second kappa shape index (κ2) is 5.80. The summed E-state index contributed by atoms with van der Waals surface area (Å²) < 4.78 is 23.0. The van der Waals surface area contributed by atoms with E-state index in [0.29, 0.717) is 12.8 Å². The summed E-state index contributed by atoms with van der Waals surface area (Å²) in [4.78, 5) is 26.9. The molecule has 0 aromatic carbocycles. The molecule has 1 aromatic rings. The van der Waals surface area contributed by atoms with Crippen LogP contribution in [0.1, 0.15) is 39.4 Å². The molecule has 2 rings (SSSR count). The van der Waals surface area contributed by atoms with Crippen molar-refractivity contribution in [2.75, 3.05) is 11.5 Å². The van der Waals surface area contributed by atoms with Crippen LogP contribution in [0.4, 0.5) is 0 Å². The van der Waals surface area contributed by atoms with Crippen molar-refractivity contribution in [1.82, 2.24) is 10.3 Å². The number of aromatic carboxylic acids is 1. The molecular formula is C13H16N2O5S. The zero-order valence-corrected chi connectivity index (χ0v) is 12.3. The van der Waals surface area contributed by atoms with Crippen LogP contribution >= 0.6 is 0 Å². The van der Waals surface area contributed by atoms with Crippen LogP contribution in [0, 0.1) is 6.92 Å². The monoisotopic (exact) mass is 312 g/mol. The minimum Gasteiger partial charge on any atom is -0.478 e. The molecule has 114 valence electrons. The van der Waals surface area contributed by atoms with Gasteiger partial charge < -0.3 is 10.4 Å². The highest BCUT2D eigenvalue weighted by Gasteiger charge is 2.26. The lowest BCUT2D eigenvalue weighted by Gasteiger charge is -2.22. The number of aryl methyl sites for hydroxylation is 1. The van der Waals surface area contributed by atoms with Gasteiger partial charge in [0.15, 0.2) is 9.84 Å². The molecule has 0 aliphatic carbocycles. The first-order valence-electron chi connectivity index (χ1n) is 6.51. The molecular weight excluding hydrogens is 296 g/mol. The average Bonchev–Trinajstić information content (AvgIpc) is 2.36. The van der Waals surface area contributed by atoms with Crippen LogP contribution in [0.15, 0.2) is 12.1 Å². The minimum atomic E-state index is -3.10. The fourth-order valence-electron chi connectivity index (χ4n) is 2.31. The molecule has 2 N–H and O–H groups in total. The number of hydrogen-bond donors (Lipinski definition) is 2. The van der Waals surface area contributed by atoms with Crippen LogP contribution in [0.25, 0.3) is 0 Å². The van der Waals surface area contributed by atoms with E-state index in [1.165, 1.54) is 19.1 Å². The predicted molar refractivity (Wildman–Crippen MR) is 75.1 cm³/mol. The zero-order chi connectivity index (χ0) is 15.6. The van der Waals surface area contributed by atoms with Crippen molar-refractivity contribution in [3.63, 3.8) is 0 Å². The summed E-state index contributed by atoms with van der Waals surface area (Å²) in [5.41, 5.74) is 0.360. The molecule has 1 aliphatic heterocycles. The van der Waals surface area contributed by atoms with Crippen molar-refractivity contribution in [3.05, 3.63) is 29.1 Å². The number of hydrogen-bond acceptors (Lipinski definition) is 5. The quantitative estimate of drug-likeness (QED) is 0.835. The molecule has 1 unspecified atom stereocenters. The summed E-state index contributed by atoms with van der Waals surface area (Å²) in [5.74, 6) is -1.50. The number of sulfone groups is 1. The van der Waals surface area contributed by atoms with Crippen molar-refractivity contribution in [3.8, 4) is 0 Å². The molecule has 1 aliphatic rings. The maximum absolute atomic E-state index is 12.0. The van der Waals surface area contributed by atoms with Gasteiger partial charge in [-0.2, -0.15) is 0 Å². The van der Waals surface area contributed by atoms with Gasteiger partial charge in [-0.05, 0) is 31.9 Å². The van der Waals surface area contributed by atoms with Crippen LogP contribution in [-0.4, -0.2) is 47.9 Å². The smallest absolute Gasteiger partial charge is 0.337 e. The van der Waals surface area contributed by atoms with Crippen molar-refractivity contribution >= 4 is 21.7 Å². The van der Waals surface area contributed by atoms with Crippen LogP contribution in [0.3, 0.4) is 0 Å². The Balaban J connectivity index is 2.10. The van der Waals surface area contributed by atoms with E-state index in [2.05, 4.69) is 10.3 Å². The summed E-state index contributed by atoms with van der Waals surface area (Å²) in [6.45, 7) is 1.51. The normalized spacial score (nSPS) is 20.7. The van der Waals surface area contributed by atoms with Crippen molar-refractivity contribution in [2.45, 2.75) is 25.8 Å². The van der Waals surface area contributed by atoms with E-state index in [0.717, 1.165) is 0 Å². The van der Waals surface area contributed by atoms with E-state index in [1.807, 2.05) is 0 Å². The van der Waals surface area contributed by atoms with Crippen LogP contribution in [-0.2, 0) is 9.84 Å². The van der Waals surface area contributed by atoms with Gasteiger partial charge in [0.1, 0.15) is 5.69 Å². The van der Waals surface area contributed by atoms with E-state index in [-0.39, 0.29) is 28.5 Å². The number of carboxylic acids is 1. The SMILES string of the molecule is Cc1nc(C(=O)NC2CCCS(=O)(=O)C2)ccc1C(=O)O. The third-order valence-electron chi connectivity index (χ3n) is 3.35. The molecule has 0 saturated carbocycles. The first-order chi connectivity index (χ1) is 9.78. The molecule has 21 heavy (non-hydrogen) atoms. The first-order valence-corrected chi connectivity index (χ1v) is 8.33. The second-order valence-electron chi connectivity index (χ2n) is 5.06. The molecule has 7 nitrogen and oxygen atoms in total. The summed E-state index contributed by atoms with van der Waals surface area (Å²) in [5, 5.41) is 11.5. The number of amides is 1. The first kappa shape index (κ1) is 15.4. The fourth-order valence-corrected chi connectivity index (χ4v) is 3.95. The Morgan fingerprint density at radius 3 is 2.67 bits per heavy atom. The van der Waals surface area contributed by atoms with Gasteiger partial charge in [0.2, 0.25) is 0 Å². The minimum absolute atomic E-state index is 0.0341. The van der Waals surface area contributed by atoms with Gasteiger partial charge in [-0.25, -0.2) is 18.2 Å². The Labute approximate surface area is 122 Å². The summed E-state index contributed by atoms with van der Waals surface area (Å²) >= 11 is 0. The van der Waals surface area contributed by atoms with E-state index < -0.39 is 27.8 Å². The number of aromatic nitrogens is 1. The predicted octanol–water partition coefficient (Wildman–Crippen LogP) is 0.395. The summed E-state index contributed by atoms with van der Waals surface area (Å²) in [7, 11) is -3.10. The molecule has 0 bridgehead atoms. The molecule has 1 atom stereocenters. The Hall–Kier alpha value is -1.96. The van der Waals surface area contributed by atoms with Crippen LogP contribution in [0.5, 0.6) is 0 Å². The molecule has 0 radical (unpaired) electrons. The number of nitrogens with one attached hydrogen (secondary N) is 1. The lowest BCUT2D eigenvalue weighted by Crippen LogP contribution is -2.43. The maximum atomic E-state index is 12.0. The molecule has 1 saturated heterocycles. The summed E-state index contributed by atoms with van der Waals surface area (Å²) in [6, 6.07) is 2.22. The Kier molecular flexibility index (Phi) is 4.26. The van der Waals surface area contributed by atoms with Gasteiger partial charge in [-0.15, -0.1) is 0 Å². The fraction of sp³-hybridized carbons (Fsp3) is 0.462. The van der Waals surface area contributed by atoms with Crippen molar-refractivity contribution in [2.24, 2.45) is 0 Å². The van der Waals surface area contributed by atoms with Gasteiger partial charge in [0.25, 0.3) is 5.91 Å². The average molecular weight is 312 g/mol. The van der Waals surface area contributed by atoms with E-state index in [9.17, 15) is 18.0 Å². The van der Waals surface area contributed by atoms with Gasteiger partial charge in [-0.3, -0.25) is 4.79 Å². The number of rotatable bonds is 3. The Bertz CT molecular complexity index is 684. The Morgan fingerprint density at radius 1 is 1.38 bits per heavy atom.